The summed E-state index contributed by atoms with van der Waals surface area (Å²) < 4.78 is 39.8. The van der Waals surface area contributed by atoms with Crippen molar-refractivity contribution in [3.63, 3.8) is 0 Å². The molecular formula is C19H14F3NO2. The lowest BCUT2D eigenvalue weighted by Gasteiger charge is -2.15. The van der Waals surface area contributed by atoms with E-state index in [0.717, 1.165) is 11.0 Å². The molecule has 0 radical (unpaired) electrons. The van der Waals surface area contributed by atoms with Gasteiger partial charge in [-0.3, -0.25) is 14.5 Å². The molecule has 2 amide bonds. The number of halogens is 3. The third-order valence-corrected chi connectivity index (χ3v) is 4.00. The number of hydrogen-bond acceptors (Lipinski definition) is 2. The Kier molecular flexibility index (Phi) is 4.44. The summed E-state index contributed by atoms with van der Waals surface area (Å²) in [7, 11) is 0. The van der Waals surface area contributed by atoms with Gasteiger partial charge in [-0.25, -0.2) is 0 Å². The van der Waals surface area contributed by atoms with E-state index in [0.29, 0.717) is 5.56 Å². The number of carbonyl (C=O) groups excluding carboxylic acids is 2. The summed E-state index contributed by atoms with van der Waals surface area (Å²) in [5.41, 5.74) is 0.165. The monoisotopic (exact) mass is 345 g/mol. The summed E-state index contributed by atoms with van der Waals surface area (Å²) in [4.78, 5) is 25.3. The molecule has 1 heterocycles. The van der Waals surface area contributed by atoms with Gasteiger partial charge in [0.05, 0.1) is 11.1 Å². The number of benzene rings is 2. The number of allylic oxidation sites excluding steroid dienone is 1. The molecule has 0 saturated carbocycles. The van der Waals surface area contributed by atoms with Gasteiger partial charge in [0.2, 0.25) is 0 Å². The van der Waals surface area contributed by atoms with Gasteiger partial charge < -0.3 is 0 Å². The Morgan fingerprint density at radius 1 is 0.880 bits per heavy atom. The fourth-order valence-corrected chi connectivity index (χ4v) is 2.71. The Balaban J connectivity index is 1.83. The van der Waals surface area contributed by atoms with Crippen LogP contribution in [0.5, 0.6) is 0 Å². The van der Waals surface area contributed by atoms with Gasteiger partial charge >= 0.3 is 6.18 Å². The maximum absolute atomic E-state index is 13.3. The van der Waals surface area contributed by atoms with Gasteiger partial charge in [0, 0.05) is 18.5 Å². The molecule has 6 heteroatoms. The first-order chi connectivity index (χ1) is 11.9. The second kappa shape index (κ2) is 6.55. The predicted octanol–water partition coefficient (Wildman–Crippen LogP) is 4.01. The van der Waals surface area contributed by atoms with Crippen LogP contribution in [0.15, 0.2) is 66.2 Å². The SMILES string of the molecule is O=C1c2ccccc2C(=O)N1C/C=C(\Cc1ccccc1)C(F)(F)F. The third-order valence-electron chi connectivity index (χ3n) is 4.00. The lowest BCUT2D eigenvalue weighted by molar-refractivity contribution is -0.0935. The van der Waals surface area contributed by atoms with Crippen molar-refractivity contribution in [1.29, 1.82) is 0 Å². The predicted molar refractivity (Wildman–Crippen MR) is 86.1 cm³/mol. The fourth-order valence-electron chi connectivity index (χ4n) is 2.71. The van der Waals surface area contributed by atoms with E-state index in [9.17, 15) is 22.8 Å². The molecular weight excluding hydrogens is 331 g/mol. The highest BCUT2D eigenvalue weighted by atomic mass is 19.4. The quantitative estimate of drug-likeness (QED) is 0.620. The Hall–Kier alpha value is -2.89. The minimum Gasteiger partial charge on any atom is -0.270 e. The Morgan fingerprint density at radius 2 is 1.40 bits per heavy atom. The van der Waals surface area contributed by atoms with Gasteiger partial charge in [-0.2, -0.15) is 13.2 Å². The number of amides is 2. The highest BCUT2D eigenvalue weighted by Gasteiger charge is 2.37. The Bertz CT molecular complexity index is 806. The van der Waals surface area contributed by atoms with Crippen LogP contribution in [-0.4, -0.2) is 29.4 Å². The number of carbonyl (C=O) groups is 2. The number of imide groups is 1. The molecule has 0 saturated heterocycles. The minimum atomic E-state index is -4.53. The summed E-state index contributed by atoms with van der Waals surface area (Å²) >= 11 is 0. The van der Waals surface area contributed by atoms with E-state index >= 15 is 0 Å². The van der Waals surface area contributed by atoms with E-state index in [1.807, 2.05) is 0 Å². The Morgan fingerprint density at radius 3 is 1.92 bits per heavy atom. The number of alkyl halides is 3. The molecule has 25 heavy (non-hydrogen) atoms. The van der Waals surface area contributed by atoms with Crippen molar-refractivity contribution in [3.05, 3.63) is 82.9 Å². The van der Waals surface area contributed by atoms with E-state index in [-0.39, 0.29) is 17.5 Å². The topological polar surface area (TPSA) is 37.4 Å². The molecule has 3 nitrogen and oxygen atoms in total. The zero-order chi connectivity index (χ0) is 18.0. The van der Waals surface area contributed by atoms with E-state index in [1.165, 1.54) is 12.1 Å². The zero-order valence-corrected chi connectivity index (χ0v) is 13.1. The maximum Gasteiger partial charge on any atom is 0.412 e. The van der Waals surface area contributed by atoms with Crippen LogP contribution in [0, 0.1) is 0 Å². The van der Waals surface area contributed by atoms with Crippen LogP contribution in [-0.2, 0) is 6.42 Å². The lowest BCUT2D eigenvalue weighted by Crippen LogP contribution is -2.30. The molecule has 0 atom stereocenters. The van der Waals surface area contributed by atoms with Gasteiger partial charge in [-0.15, -0.1) is 0 Å². The molecule has 0 aromatic heterocycles. The van der Waals surface area contributed by atoms with Crippen LogP contribution in [0.25, 0.3) is 0 Å². The normalized spacial score (nSPS) is 14.8. The van der Waals surface area contributed by atoms with Crippen LogP contribution >= 0.6 is 0 Å². The van der Waals surface area contributed by atoms with E-state index < -0.39 is 30.1 Å². The van der Waals surface area contributed by atoms with Crippen LogP contribution < -0.4 is 0 Å². The van der Waals surface area contributed by atoms with E-state index in [4.69, 9.17) is 0 Å². The lowest BCUT2D eigenvalue weighted by atomic mass is 10.0. The summed E-state index contributed by atoms with van der Waals surface area (Å²) in [5, 5.41) is 0. The molecule has 2 aromatic rings. The second-order valence-electron chi connectivity index (χ2n) is 5.66. The first-order valence-electron chi connectivity index (χ1n) is 7.63. The second-order valence-corrected chi connectivity index (χ2v) is 5.66. The van der Waals surface area contributed by atoms with E-state index in [2.05, 4.69) is 0 Å². The van der Waals surface area contributed by atoms with Crippen molar-refractivity contribution in [2.24, 2.45) is 0 Å². The third kappa shape index (κ3) is 3.47. The number of fused-ring (bicyclic) bond motifs is 1. The van der Waals surface area contributed by atoms with Crippen molar-refractivity contribution in [2.45, 2.75) is 12.6 Å². The van der Waals surface area contributed by atoms with Crippen LogP contribution in [0.2, 0.25) is 0 Å². The summed E-state index contributed by atoms with van der Waals surface area (Å²) in [6, 6.07) is 14.4. The maximum atomic E-state index is 13.3. The van der Waals surface area contributed by atoms with Crippen molar-refractivity contribution in [2.75, 3.05) is 6.54 Å². The molecule has 0 spiro atoms. The molecule has 2 aromatic carbocycles. The molecule has 3 rings (SSSR count). The first kappa shape index (κ1) is 17.0. The number of rotatable bonds is 4. The fraction of sp³-hybridized carbons (Fsp3) is 0.158. The van der Waals surface area contributed by atoms with Crippen LogP contribution in [0.4, 0.5) is 13.2 Å². The highest BCUT2D eigenvalue weighted by molar-refractivity contribution is 6.21. The Labute approximate surface area is 142 Å². The average Bonchev–Trinajstić information content (AvgIpc) is 2.83. The number of nitrogens with zero attached hydrogens (tertiary/aromatic N) is 1. The molecule has 128 valence electrons. The molecule has 0 bridgehead atoms. The standard InChI is InChI=1S/C19H14F3NO2/c20-19(21,22)14(12-13-6-2-1-3-7-13)10-11-23-17(24)15-8-4-5-9-16(15)18(23)25/h1-10H,11-12H2/b14-10+. The minimum absolute atomic E-state index is 0.220. The molecule has 0 unspecified atom stereocenters. The van der Waals surface area contributed by atoms with Crippen LogP contribution in [0.1, 0.15) is 26.3 Å². The van der Waals surface area contributed by atoms with Gasteiger partial charge in [0.25, 0.3) is 11.8 Å². The van der Waals surface area contributed by atoms with Crippen molar-refractivity contribution in [1.82, 2.24) is 4.90 Å². The molecule has 0 fully saturated rings. The van der Waals surface area contributed by atoms with Crippen molar-refractivity contribution < 1.29 is 22.8 Å². The summed E-state index contributed by atoms with van der Waals surface area (Å²) in [6.45, 7) is -0.409. The largest absolute Gasteiger partial charge is 0.412 e. The zero-order valence-electron chi connectivity index (χ0n) is 13.1. The molecule has 1 aliphatic rings. The molecule has 1 aliphatic heterocycles. The van der Waals surface area contributed by atoms with E-state index in [1.54, 1.807) is 42.5 Å². The molecule has 0 aliphatic carbocycles. The molecule has 0 N–H and O–H groups in total. The van der Waals surface area contributed by atoms with Gasteiger partial charge in [-0.05, 0) is 17.7 Å². The van der Waals surface area contributed by atoms with Crippen LogP contribution in [0.3, 0.4) is 0 Å². The summed E-state index contributed by atoms with van der Waals surface area (Å²) in [5.74, 6) is -1.14. The first-order valence-corrected chi connectivity index (χ1v) is 7.63. The van der Waals surface area contributed by atoms with Crippen molar-refractivity contribution in [3.8, 4) is 0 Å². The average molecular weight is 345 g/mol. The number of hydrogen-bond donors (Lipinski definition) is 0. The summed E-state index contributed by atoms with van der Waals surface area (Å²) in [6.07, 6.45) is -3.93. The van der Waals surface area contributed by atoms with Crippen molar-refractivity contribution >= 4 is 11.8 Å². The smallest absolute Gasteiger partial charge is 0.270 e. The van der Waals surface area contributed by atoms with Gasteiger partial charge in [-0.1, -0.05) is 48.5 Å². The highest BCUT2D eigenvalue weighted by Crippen LogP contribution is 2.29. The van der Waals surface area contributed by atoms with Gasteiger partial charge in [0.15, 0.2) is 0 Å². The van der Waals surface area contributed by atoms with Gasteiger partial charge in [0.1, 0.15) is 0 Å².